The van der Waals surface area contributed by atoms with Gasteiger partial charge in [-0.3, -0.25) is 19.2 Å². The molecule has 0 aliphatic carbocycles. The Morgan fingerprint density at radius 1 is 1.17 bits per heavy atom. The average Bonchev–Trinajstić information content (AvgIpc) is 3.16. The fraction of sp³-hybridized carbons (Fsp3) is 0.273. The summed E-state index contributed by atoms with van der Waals surface area (Å²) in [5.41, 5.74) is -1.47. The lowest BCUT2D eigenvalue weighted by Gasteiger charge is -2.48. The molecule has 2 aliphatic heterocycles. The van der Waals surface area contributed by atoms with Crippen molar-refractivity contribution in [3.63, 3.8) is 0 Å². The Kier molecular flexibility index (Phi) is 6.29. The lowest BCUT2D eigenvalue weighted by Crippen LogP contribution is -2.66. The Labute approximate surface area is 208 Å². The molecule has 2 heterocycles. The third kappa shape index (κ3) is 4.13. The van der Waals surface area contributed by atoms with E-state index < -0.39 is 46.4 Å². The van der Waals surface area contributed by atoms with Gasteiger partial charge >= 0.3 is 5.92 Å². The molecule has 2 unspecified atom stereocenters. The van der Waals surface area contributed by atoms with Crippen LogP contribution in [0.5, 0.6) is 0 Å². The van der Waals surface area contributed by atoms with Crippen molar-refractivity contribution in [1.29, 1.82) is 0 Å². The van der Waals surface area contributed by atoms with E-state index in [1.165, 1.54) is 30.3 Å². The van der Waals surface area contributed by atoms with Crippen molar-refractivity contribution < 1.29 is 28.0 Å². The first-order valence-electron chi connectivity index (χ1n) is 10.4. The highest BCUT2D eigenvalue weighted by Gasteiger charge is 2.53. The van der Waals surface area contributed by atoms with Crippen LogP contribution in [-0.2, 0) is 33.4 Å². The summed E-state index contributed by atoms with van der Waals surface area (Å²) < 4.78 is 29.0. The van der Waals surface area contributed by atoms with E-state index in [0.717, 1.165) is 17.0 Å². The molecule has 35 heavy (non-hydrogen) atoms. The molecule has 6 radical (unpaired) electrons. The molecule has 172 valence electrons. The van der Waals surface area contributed by atoms with Gasteiger partial charge in [0.2, 0.25) is 19.8 Å². The molecular weight excluding hydrogens is 476 g/mol. The molecule has 0 saturated carbocycles. The third-order valence-corrected chi connectivity index (χ3v) is 6.41. The molecule has 0 bridgehead atoms. The Hall–Kier alpha value is -3.14. The lowest BCUT2D eigenvalue weighted by molar-refractivity contribution is -0.148. The van der Waals surface area contributed by atoms with Gasteiger partial charge in [0.25, 0.3) is 11.8 Å². The van der Waals surface area contributed by atoms with Crippen molar-refractivity contribution in [3.05, 3.63) is 69.7 Å². The summed E-state index contributed by atoms with van der Waals surface area (Å²) in [6, 6.07) is 9.08. The molecule has 4 amide bonds. The van der Waals surface area contributed by atoms with Gasteiger partial charge in [-0.15, -0.1) is 0 Å². The van der Waals surface area contributed by atoms with Gasteiger partial charge in [-0.25, -0.2) is 0 Å². The van der Waals surface area contributed by atoms with Crippen molar-refractivity contribution in [2.45, 2.75) is 36.7 Å². The molecule has 2 aromatic rings. The molecule has 2 aliphatic rings. The van der Waals surface area contributed by atoms with Crippen molar-refractivity contribution >= 4 is 58.9 Å². The molecular formula is C22H15B3ClF2N3O4. The van der Waals surface area contributed by atoms with Gasteiger partial charge in [-0.2, -0.15) is 8.78 Å². The first-order chi connectivity index (χ1) is 16.4. The van der Waals surface area contributed by atoms with Gasteiger partial charge in [0.1, 0.15) is 7.85 Å². The number of piperidine rings is 1. The number of alkyl halides is 2. The second kappa shape index (κ2) is 8.82. The van der Waals surface area contributed by atoms with Crippen LogP contribution in [0.2, 0.25) is 10.8 Å². The van der Waals surface area contributed by atoms with Crippen LogP contribution in [0.1, 0.15) is 33.5 Å². The molecule has 1 saturated heterocycles. The number of fused-ring (bicyclic) bond motifs is 1. The monoisotopic (exact) mass is 491 g/mol. The van der Waals surface area contributed by atoms with E-state index in [0.29, 0.717) is 15.9 Å². The predicted octanol–water partition coefficient (Wildman–Crippen LogP) is 1.37. The Balaban J connectivity index is 1.50. The fourth-order valence-electron chi connectivity index (χ4n) is 4.09. The number of benzene rings is 2. The minimum atomic E-state index is -3.79. The summed E-state index contributed by atoms with van der Waals surface area (Å²) in [6.07, 6.45) is -0.335. The molecule has 1 fully saturated rings. The molecule has 4 rings (SSSR count). The molecule has 1 N–H and O–H groups in total. The minimum absolute atomic E-state index is 0.130. The topological polar surface area (TPSA) is 86.8 Å². The first kappa shape index (κ1) is 25.0. The van der Waals surface area contributed by atoms with Gasteiger partial charge in [-0.05, 0) is 35.1 Å². The zero-order chi connectivity index (χ0) is 25.7. The molecule has 0 spiro atoms. The van der Waals surface area contributed by atoms with Crippen LogP contribution in [-0.4, -0.2) is 62.5 Å². The van der Waals surface area contributed by atoms with Crippen LogP contribution >= 0.6 is 11.6 Å². The van der Waals surface area contributed by atoms with Crippen LogP contribution in [0, 0.1) is 0 Å². The van der Waals surface area contributed by atoms with Crippen LogP contribution in [0.25, 0.3) is 0 Å². The van der Waals surface area contributed by atoms with Crippen molar-refractivity contribution in [2.75, 3.05) is 0 Å². The Morgan fingerprint density at radius 3 is 2.49 bits per heavy atom. The number of hydrogen-bond donors (Lipinski definition) is 1. The van der Waals surface area contributed by atoms with Crippen molar-refractivity contribution in [1.82, 2.24) is 15.0 Å². The molecule has 7 nitrogen and oxygen atoms in total. The second-order valence-corrected chi connectivity index (χ2v) is 8.79. The second-order valence-electron chi connectivity index (χ2n) is 8.35. The standard InChI is InChI=1S/C22H15B3ClF2N3O4/c23-16-8-17(32)31(25)20(35)21(16,24)30-10-12-7-11(1-6-15(12)18(30)33)9-29-19(34)22(27,28)13-2-4-14(26)5-3-13/h1-7,16H,8-10H2,(H,29,34). The van der Waals surface area contributed by atoms with E-state index in [2.05, 4.69) is 5.32 Å². The fourth-order valence-corrected chi connectivity index (χ4v) is 4.22. The van der Waals surface area contributed by atoms with E-state index in [1.807, 2.05) is 0 Å². The minimum Gasteiger partial charge on any atom is -0.346 e. The summed E-state index contributed by atoms with van der Waals surface area (Å²) in [4.78, 5) is 51.0. The van der Waals surface area contributed by atoms with Crippen molar-refractivity contribution in [2.24, 2.45) is 0 Å². The molecule has 13 heteroatoms. The maximum atomic E-state index is 14.5. The van der Waals surface area contributed by atoms with Gasteiger partial charge in [0.05, 0.1) is 13.3 Å². The van der Waals surface area contributed by atoms with E-state index in [9.17, 15) is 28.0 Å². The van der Waals surface area contributed by atoms with Crippen LogP contribution in [0.4, 0.5) is 8.78 Å². The summed E-state index contributed by atoms with van der Waals surface area (Å²) in [6.45, 7) is -0.379. The third-order valence-electron chi connectivity index (χ3n) is 6.16. The Morgan fingerprint density at radius 2 is 1.83 bits per heavy atom. The van der Waals surface area contributed by atoms with E-state index in [4.69, 9.17) is 35.3 Å². The predicted molar refractivity (Wildman–Crippen MR) is 124 cm³/mol. The average molecular weight is 491 g/mol. The van der Waals surface area contributed by atoms with Crippen LogP contribution in [0.15, 0.2) is 42.5 Å². The van der Waals surface area contributed by atoms with Crippen LogP contribution in [0.3, 0.4) is 0 Å². The quantitative estimate of drug-likeness (QED) is 0.506. The number of imide groups is 1. The summed E-state index contributed by atoms with van der Waals surface area (Å²) in [5, 5.41) is 2.44. The molecule has 0 aromatic heterocycles. The van der Waals surface area contributed by atoms with Crippen molar-refractivity contribution in [3.8, 4) is 0 Å². The van der Waals surface area contributed by atoms with Gasteiger partial charge in [0, 0.05) is 35.7 Å². The smallest absolute Gasteiger partial charge is 0.346 e. The number of nitrogens with one attached hydrogen (secondary N) is 1. The number of carbonyl (C=O) groups is 4. The highest BCUT2D eigenvalue weighted by atomic mass is 35.5. The number of amides is 4. The number of hydrogen-bond acceptors (Lipinski definition) is 4. The Bertz CT molecular complexity index is 1250. The first-order valence-corrected chi connectivity index (χ1v) is 10.8. The number of rotatable bonds is 5. The zero-order valence-electron chi connectivity index (χ0n) is 18.1. The van der Waals surface area contributed by atoms with Gasteiger partial charge in [0.15, 0.2) is 0 Å². The van der Waals surface area contributed by atoms with Gasteiger partial charge in [-0.1, -0.05) is 35.9 Å². The SMILES string of the molecule is [B]C1CC(=O)N([B])C(=O)C1([B])N1Cc2cc(CNC(=O)C(F)(F)c3ccc(Cl)cc3)ccc2C1=O. The highest BCUT2D eigenvalue weighted by molar-refractivity contribution is 6.42. The number of halogens is 3. The van der Waals surface area contributed by atoms with E-state index >= 15 is 0 Å². The van der Waals surface area contributed by atoms with E-state index in [-0.39, 0.29) is 30.1 Å². The molecule has 2 atom stereocenters. The lowest BCUT2D eigenvalue weighted by atomic mass is 9.55. The maximum absolute atomic E-state index is 14.5. The summed E-state index contributed by atoms with van der Waals surface area (Å²) in [5.74, 6) is -8.82. The highest BCUT2D eigenvalue weighted by Crippen LogP contribution is 2.39. The maximum Gasteiger partial charge on any atom is 0.349 e. The number of carbonyl (C=O) groups excluding carboxylic acids is 4. The number of nitrogens with zero attached hydrogens (tertiary/aromatic N) is 2. The zero-order valence-corrected chi connectivity index (χ0v) is 18.9. The molecule has 2 aromatic carbocycles. The van der Waals surface area contributed by atoms with E-state index in [1.54, 1.807) is 0 Å². The van der Waals surface area contributed by atoms with Crippen LogP contribution < -0.4 is 5.32 Å². The summed E-state index contributed by atoms with van der Waals surface area (Å²) in [7, 11) is 17.7. The largest absolute Gasteiger partial charge is 0.349 e. The summed E-state index contributed by atoms with van der Waals surface area (Å²) >= 11 is 5.71. The van der Waals surface area contributed by atoms with Gasteiger partial charge < -0.3 is 15.0 Å². The normalized spacial score (nSPS) is 22.4.